The van der Waals surface area contributed by atoms with E-state index in [0.717, 1.165) is 25.9 Å². The first kappa shape index (κ1) is 22.0. The summed E-state index contributed by atoms with van der Waals surface area (Å²) >= 11 is 1.11. The van der Waals surface area contributed by atoms with Crippen LogP contribution in [0.2, 0.25) is 0 Å². The number of sulfonamides is 1. The van der Waals surface area contributed by atoms with Crippen molar-refractivity contribution in [2.75, 3.05) is 26.0 Å². The fourth-order valence-electron chi connectivity index (χ4n) is 3.02. The van der Waals surface area contributed by atoms with Crippen molar-refractivity contribution in [1.82, 2.24) is 8.87 Å². The van der Waals surface area contributed by atoms with Crippen molar-refractivity contribution in [3.8, 4) is 5.75 Å². The lowest BCUT2D eigenvalue weighted by atomic mass is 10.2. The number of rotatable bonds is 7. The van der Waals surface area contributed by atoms with E-state index in [9.17, 15) is 18.0 Å². The average molecular weight is 450 g/mol. The molecule has 160 valence electrons. The van der Waals surface area contributed by atoms with Crippen molar-refractivity contribution < 1.29 is 17.9 Å². The number of likely N-dealkylation sites (N-methyl/N-ethyl adjacent to an activating group) is 1. The Labute approximate surface area is 178 Å². The molecule has 1 N–H and O–H groups in total. The molecule has 0 radical (unpaired) electrons. The summed E-state index contributed by atoms with van der Waals surface area (Å²) < 4.78 is 33.8. The molecular weight excluding hydrogens is 426 g/mol. The van der Waals surface area contributed by atoms with Gasteiger partial charge in [-0.2, -0.15) is 4.31 Å². The Morgan fingerprint density at radius 3 is 2.47 bits per heavy atom. The third kappa shape index (κ3) is 4.40. The molecule has 10 heteroatoms. The van der Waals surface area contributed by atoms with Gasteiger partial charge in [0.2, 0.25) is 15.9 Å². The zero-order valence-corrected chi connectivity index (χ0v) is 18.7. The zero-order valence-electron chi connectivity index (χ0n) is 17.1. The highest BCUT2D eigenvalue weighted by atomic mass is 32.2. The van der Waals surface area contributed by atoms with Crippen LogP contribution in [0.4, 0.5) is 5.69 Å². The number of aromatic nitrogens is 1. The molecule has 8 nitrogen and oxygen atoms in total. The van der Waals surface area contributed by atoms with E-state index in [2.05, 4.69) is 5.32 Å². The molecule has 0 aliphatic heterocycles. The van der Waals surface area contributed by atoms with Gasteiger partial charge in [0.1, 0.15) is 5.75 Å². The van der Waals surface area contributed by atoms with Crippen molar-refractivity contribution in [3.63, 3.8) is 0 Å². The summed E-state index contributed by atoms with van der Waals surface area (Å²) in [6.45, 7) is 3.51. The van der Waals surface area contributed by atoms with Gasteiger partial charge in [0, 0.05) is 18.8 Å². The molecule has 1 aromatic heterocycles. The second-order valence-electron chi connectivity index (χ2n) is 7.00. The Hall–Kier alpha value is -2.69. The number of nitrogens with zero attached hydrogens (tertiary/aromatic N) is 2. The van der Waals surface area contributed by atoms with Gasteiger partial charge >= 0.3 is 4.87 Å². The molecule has 3 aromatic rings. The number of hydrogen-bond acceptors (Lipinski definition) is 6. The first-order chi connectivity index (χ1) is 14.1. The maximum Gasteiger partial charge on any atom is 0.308 e. The Morgan fingerprint density at radius 1 is 1.20 bits per heavy atom. The zero-order chi connectivity index (χ0) is 22.1. The lowest BCUT2D eigenvalue weighted by molar-refractivity contribution is -0.116. The summed E-state index contributed by atoms with van der Waals surface area (Å²) in [5, 5.41) is 2.70. The van der Waals surface area contributed by atoms with E-state index in [4.69, 9.17) is 4.74 Å². The third-order valence-electron chi connectivity index (χ3n) is 4.55. The first-order valence-corrected chi connectivity index (χ1v) is 11.4. The largest absolute Gasteiger partial charge is 0.497 e. The van der Waals surface area contributed by atoms with E-state index in [-0.39, 0.29) is 22.4 Å². The molecule has 0 saturated heterocycles. The van der Waals surface area contributed by atoms with Crippen LogP contribution in [0.15, 0.2) is 52.2 Å². The van der Waals surface area contributed by atoms with Crippen molar-refractivity contribution >= 4 is 43.2 Å². The van der Waals surface area contributed by atoms with Gasteiger partial charge in [-0.1, -0.05) is 11.3 Å². The Balaban J connectivity index is 1.73. The minimum Gasteiger partial charge on any atom is -0.497 e. The molecule has 0 bridgehead atoms. The number of ether oxygens (including phenoxy) is 1. The van der Waals surface area contributed by atoms with E-state index >= 15 is 0 Å². The highest BCUT2D eigenvalue weighted by molar-refractivity contribution is 7.89. The van der Waals surface area contributed by atoms with Crippen LogP contribution in [0.25, 0.3) is 10.2 Å². The summed E-state index contributed by atoms with van der Waals surface area (Å²) in [5.74, 6) is 0.0583. The lowest BCUT2D eigenvalue weighted by Crippen LogP contribution is -2.34. The van der Waals surface area contributed by atoms with Crippen LogP contribution in [-0.2, 0) is 14.8 Å². The molecule has 3 rings (SSSR count). The number of thiazole rings is 1. The summed E-state index contributed by atoms with van der Waals surface area (Å²) in [6.07, 6.45) is 0. The van der Waals surface area contributed by atoms with Gasteiger partial charge in [-0.3, -0.25) is 14.2 Å². The van der Waals surface area contributed by atoms with Gasteiger partial charge in [0.05, 0.1) is 28.8 Å². The second kappa shape index (κ2) is 8.58. The number of fused-ring (bicyclic) bond motifs is 1. The molecule has 0 unspecified atom stereocenters. The highest BCUT2D eigenvalue weighted by Crippen LogP contribution is 2.24. The lowest BCUT2D eigenvalue weighted by Gasteiger charge is -2.17. The number of methoxy groups -OCH3 is 1. The molecule has 30 heavy (non-hydrogen) atoms. The summed E-state index contributed by atoms with van der Waals surface area (Å²) in [4.78, 5) is 24.6. The van der Waals surface area contributed by atoms with E-state index in [1.54, 1.807) is 34.9 Å². The first-order valence-electron chi connectivity index (χ1n) is 9.19. The third-order valence-corrected chi connectivity index (χ3v) is 7.28. The van der Waals surface area contributed by atoms with Gasteiger partial charge in [0.25, 0.3) is 0 Å². The van der Waals surface area contributed by atoms with E-state index < -0.39 is 15.9 Å². The SMILES string of the molecule is COc1ccc(S(=O)(=O)N(C)CC(=O)Nc2ccc3c(c2)sc(=O)n3C(C)C)cc1. The molecule has 0 spiro atoms. The molecular formula is C20H23N3O5S2. The van der Waals surface area contributed by atoms with E-state index in [0.29, 0.717) is 11.4 Å². The minimum atomic E-state index is -3.82. The second-order valence-corrected chi connectivity index (χ2v) is 10.0. The summed E-state index contributed by atoms with van der Waals surface area (Å²) in [7, 11) is -0.986. The van der Waals surface area contributed by atoms with Crippen LogP contribution in [0.5, 0.6) is 5.75 Å². The fraction of sp³-hybridized carbons (Fsp3) is 0.300. The maximum absolute atomic E-state index is 12.7. The van der Waals surface area contributed by atoms with E-state index in [1.165, 1.54) is 26.3 Å². The summed E-state index contributed by atoms with van der Waals surface area (Å²) in [6, 6.07) is 11.2. The van der Waals surface area contributed by atoms with E-state index in [1.807, 2.05) is 13.8 Å². The fourth-order valence-corrected chi connectivity index (χ4v) is 5.20. The van der Waals surface area contributed by atoms with Crippen molar-refractivity contribution in [1.29, 1.82) is 0 Å². The number of benzene rings is 2. The Kier molecular flexibility index (Phi) is 6.30. The van der Waals surface area contributed by atoms with Crippen LogP contribution in [0.3, 0.4) is 0 Å². The van der Waals surface area contributed by atoms with Crippen LogP contribution >= 0.6 is 11.3 Å². The molecule has 0 aliphatic rings. The number of hydrogen-bond donors (Lipinski definition) is 1. The number of anilines is 1. The number of nitrogens with one attached hydrogen (secondary N) is 1. The summed E-state index contributed by atoms with van der Waals surface area (Å²) in [5.41, 5.74) is 1.30. The standard InChI is InChI=1S/C20H23N3O5S2/c1-13(2)23-17-10-5-14(11-18(17)29-20(23)25)21-19(24)12-22(3)30(26,27)16-8-6-15(28-4)7-9-16/h5-11,13H,12H2,1-4H3,(H,21,24). The Bertz CT molecular complexity index is 1230. The maximum atomic E-state index is 12.7. The monoisotopic (exact) mass is 449 g/mol. The molecule has 2 aromatic carbocycles. The minimum absolute atomic E-state index is 0.0310. The number of amides is 1. The van der Waals surface area contributed by atoms with Gasteiger partial charge in [-0.15, -0.1) is 0 Å². The molecule has 0 aliphatic carbocycles. The molecule has 1 heterocycles. The predicted octanol–water partition coefficient (Wildman–Crippen LogP) is 2.91. The van der Waals surface area contributed by atoms with Gasteiger partial charge in [-0.05, 0) is 56.3 Å². The van der Waals surface area contributed by atoms with Gasteiger partial charge < -0.3 is 10.1 Å². The number of carbonyl (C=O) groups is 1. The van der Waals surface area contributed by atoms with Crippen molar-refractivity contribution in [2.24, 2.45) is 0 Å². The van der Waals surface area contributed by atoms with Crippen LogP contribution in [0, 0.1) is 0 Å². The normalized spacial score (nSPS) is 11.9. The Morgan fingerprint density at radius 2 is 1.87 bits per heavy atom. The quantitative estimate of drug-likeness (QED) is 0.598. The predicted molar refractivity (Wildman–Crippen MR) is 118 cm³/mol. The van der Waals surface area contributed by atoms with Crippen LogP contribution < -0.4 is 14.9 Å². The molecule has 0 fully saturated rings. The van der Waals surface area contributed by atoms with Crippen LogP contribution in [0.1, 0.15) is 19.9 Å². The van der Waals surface area contributed by atoms with Crippen molar-refractivity contribution in [2.45, 2.75) is 24.8 Å². The molecule has 0 atom stereocenters. The van der Waals surface area contributed by atoms with Crippen molar-refractivity contribution in [3.05, 3.63) is 52.1 Å². The smallest absolute Gasteiger partial charge is 0.308 e. The van der Waals surface area contributed by atoms with Crippen LogP contribution in [-0.4, -0.2) is 43.9 Å². The molecule has 1 amide bonds. The molecule has 0 saturated carbocycles. The van der Waals surface area contributed by atoms with Gasteiger partial charge in [0.15, 0.2) is 0 Å². The van der Waals surface area contributed by atoms with Gasteiger partial charge in [-0.25, -0.2) is 8.42 Å². The highest BCUT2D eigenvalue weighted by Gasteiger charge is 2.23. The topological polar surface area (TPSA) is 97.7 Å². The average Bonchev–Trinajstić information content (AvgIpc) is 3.02. The number of carbonyl (C=O) groups excluding carboxylic acids is 1.